The van der Waals surface area contributed by atoms with Gasteiger partial charge in [-0.1, -0.05) is 32.0 Å². The van der Waals surface area contributed by atoms with Crippen molar-refractivity contribution in [3.8, 4) is 0 Å². The van der Waals surface area contributed by atoms with Gasteiger partial charge in [0, 0.05) is 5.56 Å². The Labute approximate surface area is 101 Å². The highest BCUT2D eigenvalue weighted by molar-refractivity contribution is 5.75. The summed E-state index contributed by atoms with van der Waals surface area (Å²) in [7, 11) is 0. The summed E-state index contributed by atoms with van der Waals surface area (Å²) in [4.78, 5) is 11.5. The monoisotopic (exact) mass is 239 g/mol. The number of nitrogens with two attached hydrogens (primary N) is 1. The van der Waals surface area contributed by atoms with E-state index in [2.05, 4.69) is 0 Å². The first kappa shape index (κ1) is 13.6. The van der Waals surface area contributed by atoms with E-state index in [4.69, 9.17) is 10.5 Å². The van der Waals surface area contributed by atoms with E-state index in [-0.39, 0.29) is 12.4 Å². The van der Waals surface area contributed by atoms with Crippen molar-refractivity contribution in [1.82, 2.24) is 0 Å². The van der Waals surface area contributed by atoms with Crippen molar-refractivity contribution in [3.63, 3.8) is 0 Å². The minimum absolute atomic E-state index is 0.0721. The van der Waals surface area contributed by atoms with Gasteiger partial charge in [-0.3, -0.25) is 4.79 Å². The normalized spacial score (nSPS) is 12.5. The van der Waals surface area contributed by atoms with E-state index in [1.54, 1.807) is 18.2 Å². The number of hydrogen-bond donors (Lipinski definition) is 1. The lowest BCUT2D eigenvalue weighted by Gasteiger charge is -2.13. The zero-order chi connectivity index (χ0) is 12.8. The molecule has 0 aliphatic rings. The first-order valence-electron chi connectivity index (χ1n) is 5.66. The predicted molar refractivity (Wildman–Crippen MR) is 63.6 cm³/mol. The van der Waals surface area contributed by atoms with Crippen molar-refractivity contribution >= 4 is 5.97 Å². The standard InChI is InChI=1S/C13H18FNO2/c1-9(2)7-12(15)13(16)17-8-10-5-3-4-6-11(10)14/h3-6,9,12H,7-8,15H2,1-2H3/t12-/m0/s1. The van der Waals surface area contributed by atoms with Crippen LogP contribution in [-0.2, 0) is 16.1 Å². The molecule has 1 aromatic rings. The molecule has 0 bridgehead atoms. The number of halogens is 1. The van der Waals surface area contributed by atoms with Gasteiger partial charge in [-0.2, -0.15) is 0 Å². The van der Waals surface area contributed by atoms with E-state index >= 15 is 0 Å². The molecule has 0 saturated carbocycles. The molecule has 4 heteroatoms. The first-order valence-corrected chi connectivity index (χ1v) is 5.66. The second-order valence-corrected chi connectivity index (χ2v) is 4.44. The summed E-state index contributed by atoms with van der Waals surface area (Å²) in [5.74, 6) is -0.536. The smallest absolute Gasteiger partial charge is 0.323 e. The maximum Gasteiger partial charge on any atom is 0.323 e. The lowest BCUT2D eigenvalue weighted by molar-refractivity contribution is -0.147. The second kappa shape index (κ2) is 6.35. The number of carbonyl (C=O) groups excluding carboxylic acids is 1. The third-order valence-corrected chi connectivity index (χ3v) is 2.36. The molecule has 0 unspecified atom stereocenters. The Morgan fingerprint density at radius 1 is 1.41 bits per heavy atom. The average Bonchev–Trinajstić information content (AvgIpc) is 2.26. The van der Waals surface area contributed by atoms with Gasteiger partial charge in [0.05, 0.1) is 0 Å². The Balaban J connectivity index is 2.46. The fourth-order valence-electron chi connectivity index (χ4n) is 1.48. The molecule has 2 N–H and O–H groups in total. The molecule has 0 amide bonds. The zero-order valence-electron chi connectivity index (χ0n) is 10.2. The molecule has 0 heterocycles. The van der Waals surface area contributed by atoms with E-state index in [1.165, 1.54) is 6.07 Å². The summed E-state index contributed by atoms with van der Waals surface area (Å²) in [5.41, 5.74) is 6.01. The fourth-order valence-corrected chi connectivity index (χ4v) is 1.48. The molecule has 0 fully saturated rings. The van der Waals surface area contributed by atoms with Gasteiger partial charge in [0.1, 0.15) is 18.5 Å². The van der Waals surface area contributed by atoms with Crippen LogP contribution in [-0.4, -0.2) is 12.0 Å². The average molecular weight is 239 g/mol. The van der Waals surface area contributed by atoms with Crippen molar-refractivity contribution in [3.05, 3.63) is 35.6 Å². The topological polar surface area (TPSA) is 52.3 Å². The minimum atomic E-state index is -0.637. The van der Waals surface area contributed by atoms with Crippen LogP contribution in [0.5, 0.6) is 0 Å². The van der Waals surface area contributed by atoms with Crippen LogP contribution in [0, 0.1) is 11.7 Å². The molecule has 3 nitrogen and oxygen atoms in total. The molecule has 0 aliphatic heterocycles. The molecule has 0 spiro atoms. The van der Waals surface area contributed by atoms with Crippen molar-refractivity contribution in [1.29, 1.82) is 0 Å². The third kappa shape index (κ3) is 4.53. The second-order valence-electron chi connectivity index (χ2n) is 4.44. The molecule has 0 radical (unpaired) electrons. The quantitative estimate of drug-likeness (QED) is 0.802. The Morgan fingerprint density at radius 2 is 2.06 bits per heavy atom. The Kier molecular flexibility index (Phi) is 5.10. The number of carbonyl (C=O) groups is 1. The molecule has 0 aromatic heterocycles. The van der Waals surface area contributed by atoms with Gasteiger partial charge in [-0.25, -0.2) is 4.39 Å². The number of benzene rings is 1. The van der Waals surface area contributed by atoms with Gasteiger partial charge in [0.2, 0.25) is 0 Å². The Hall–Kier alpha value is -1.42. The van der Waals surface area contributed by atoms with E-state index < -0.39 is 12.0 Å². The number of hydrogen-bond acceptors (Lipinski definition) is 3. The molecule has 0 aliphatic carbocycles. The number of ether oxygens (including phenoxy) is 1. The van der Waals surface area contributed by atoms with Crippen molar-refractivity contribution in [2.24, 2.45) is 11.7 Å². The maximum atomic E-state index is 13.2. The highest BCUT2D eigenvalue weighted by atomic mass is 19.1. The molecule has 1 rings (SSSR count). The summed E-state index contributed by atoms with van der Waals surface area (Å²) in [6.07, 6.45) is 0.566. The van der Waals surface area contributed by atoms with Crippen molar-refractivity contribution in [2.45, 2.75) is 32.9 Å². The van der Waals surface area contributed by atoms with Gasteiger partial charge >= 0.3 is 5.97 Å². The minimum Gasteiger partial charge on any atom is -0.460 e. The maximum absolute atomic E-state index is 13.2. The van der Waals surface area contributed by atoms with Crippen LogP contribution in [0.25, 0.3) is 0 Å². The number of rotatable bonds is 5. The van der Waals surface area contributed by atoms with Gasteiger partial charge in [0.25, 0.3) is 0 Å². The fraction of sp³-hybridized carbons (Fsp3) is 0.462. The summed E-state index contributed by atoms with van der Waals surface area (Å²) < 4.78 is 18.2. The van der Waals surface area contributed by atoms with Crippen LogP contribution in [0.2, 0.25) is 0 Å². The van der Waals surface area contributed by atoms with Gasteiger partial charge < -0.3 is 10.5 Å². The largest absolute Gasteiger partial charge is 0.460 e. The Bertz CT molecular complexity index is 379. The summed E-state index contributed by atoms with van der Waals surface area (Å²) >= 11 is 0. The number of esters is 1. The van der Waals surface area contributed by atoms with Crippen LogP contribution < -0.4 is 5.73 Å². The van der Waals surface area contributed by atoms with E-state index in [0.29, 0.717) is 17.9 Å². The highest BCUT2D eigenvalue weighted by Gasteiger charge is 2.16. The van der Waals surface area contributed by atoms with Crippen LogP contribution in [0.15, 0.2) is 24.3 Å². The van der Waals surface area contributed by atoms with Gasteiger partial charge in [0.15, 0.2) is 0 Å². The Morgan fingerprint density at radius 3 is 2.65 bits per heavy atom. The molecular weight excluding hydrogens is 221 g/mol. The summed E-state index contributed by atoms with van der Waals surface area (Å²) in [6, 6.07) is 5.56. The van der Waals surface area contributed by atoms with Gasteiger partial charge in [-0.05, 0) is 18.4 Å². The van der Waals surface area contributed by atoms with Crippen LogP contribution in [0.4, 0.5) is 4.39 Å². The van der Waals surface area contributed by atoms with E-state index in [1.807, 2.05) is 13.8 Å². The lowest BCUT2D eigenvalue weighted by Crippen LogP contribution is -2.33. The first-order chi connectivity index (χ1) is 8.00. The van der Waals surface area contributed by atoms with E-state index in [0.717, 1.165) is 0 Å². The van der Waals surface area contributed by atoms with Crippen LogP contribution in [0.3, 0.4) is 0 Å². The van der Waals surface area contributed by atoms with Gasteiger partial charge in [-0.15, -0.1) is 0 Å². The summed E-state index contributed by atoms with van der Waals surface area (Å²) in [5, 5.41) is 0. The van der Waals surface area contributed by atoms with Crippen LogP contribution in [0.1, 0.15) is 25.8 Å². The molecule has 1 aromatic carbocycles. The lowest BCUT2D eigenvalue weighted by atomic mass is 10.1. The summed E-state index contributed by atoms with van der Waals surface area (Å²) in [6.45, 7) is 3.88. The molecule has 1 atom stereocenters. The zero-order valence-corrected chi connectivity index (χ0v) is 10.2. The third-order valence-electron chi connectivity index (χ3n) is 2.36. The van der Waals surface area contributed by atoms with Crippen LogP contribution >= 0.6 is 0 Å². The van der Waals surface area contributed by atoms with Crippen molar-refractivity contribution in [2.75, 3.05) is 0 Å². The molecule has 0 saturated heterocycles. The van der Waals surface area contributed by atoms with E-state index in [9.17, 15) is 9.18 Å². The molecular formula is C13H18FNO2. The van der Waals surface area contributed by atoms with Crippen molar-refractivity contribution < 1.29 is 13.9 Å². The molecule has 17 heavy (non-hydrogen) atoms. The molecule has 94 valence electrons. The highest BCUT2D eigenvalue weighted by Crippen LogP contribution is 2.09. The predicted octanol–water partition coefficient (Wildman–Crippen LogP) is 2.24. The SMILES string of the molecule is CC(C)C[C@H](N)C(=O)OCc1ccccc1F.